The fraction of sp³-hybridized carbons (Fsp3) is 0.529. The molecule has 0 radical (unpaired) electrons. The van der Waals surface area contributed by atoms with Gasteiger partial charge in [-0.3, -0.25) is 9.59 Å². The molecule has 0 bridgehead atoms. The highest BCUT2D eigenvalue weighted by Gasteiger charge is 2.26. The van der Waals surface area contributed by atoms with E-state index in [9.17, 15) is 18.0 Å². The van der Waals surface area contributed by atoms with Crippen molar-refractivity contribution in [1.82, 2.24) is 9.21 Å². The quantitative estimate of drug-likeness (QED) is 0.656. The maximum atomic E-state index is 12.8. The van der Waals surface area contributed by atoms with Crippen molar-refractivity contribution in [2.45, 2.75) is 32.1 Å². The smallest absolute Gasteiger partial charge is 0.323 e. The van der Waals surface area contributed by atoms with Crippen LogP contribution in [-0.4, -0.2) is 67.9 Å². The number of hydrogen-bond donors (Lipinski definition) is 1. The zero-order valence-electron chi connectivity index (χ0n) is 15.6. The Bertz CT molecular complexity index is 744. The average Bonchev–Trinajstić information content (AvgIpc) is 2.60. The summed E-state index contributed by atoms with van der Waals surface area (Å²) in [6.45, 7) is 5.65. The number of amides is 1. The number of rotatable bonds is 10. The lowest BCUT2D eigenvalue weighted by molar-refractivity contribution is -0.137. The molecule has 0 aromatic heterocycles. The fourth-order valence-electron chi connectivity index (χ4n) is 2.58. The second-order valence-electron chi connectivity index (χ2n) is 5.57. The molecule has 8 nitrogen and oxygen atoms in total. The number of hydrogen-bond acceptors (Lipinski definition) is 5. The van der Waals surface area contributed by atoms with Gasteiger partial charge in [0.2, 0.25) is 10.0 Å². The van der Waals surface area contributed by atoms with Crippen molar-refractivity contribution in [1.29, 1.82) is 0 Å². The van der Waals surface area contributed by atoms with Gasteiger partial charge in [0.05, 0.1) is 17.6 Å². The molecule has 0 unspecified atom stereocenters. The fourth-order valence-corrected chi connectivity index (χ4v) is 4.07. The predicted molar refractivity (Wildman–Crippen MR) is 96.9 cm³/mol. The van der Waals surface area contributed by atoms with E-state index in [1.165, 1.54) is 29.6 Å². The first-order valence-corrected chi connectivity index (χ1v) is 9.86. The van der Waals surface area contributed by atoms with Gasteiger partial charge < -0.3 is 14.7 Å². The first-order chi connectivity index (χ1) is 12.2. The average molecular weight is 386 g/mol. The van der Waals surface area contributed by atoms with E-state index in [0.717, 1.165) is 4.90 Å². The van der Waals surface area contributed by atoms with Gasteiger partial charge >= 0.3 is 5.97 Å². The second kappa shape index (κ2) is 9.54. The summed E-state index contributed by atoms with van der Waals surface area (Å²) in [5.41, 5.74) is 0.0235. The molecule has 0 aliphatic carbocycles. The zero-order chi connectivity index (χ0) is 19.9. The molecule has 146 valence electrons. The van der Waals surface area contributed by atoms with Gasteiger partial charge in [0, 0.05) is 19.6 Å². The molecule has 0 fully saturated rings. The summed E-state index contributed by atoms with van der Waals surface area (Å²) in [4.78, 5) is 25.0. The number of sulfonamides is 1. The normalized spacial score (nSPS) is 11.4. The number of nitrogens with zero attached hydrogens (tertiary/aromatic N) is 2. The molecule has 9 heteroatoms. The molecule has 1 aromatic rings. The molecule has 0 saturated carbocycles. The van der Waals surface area contributed by atoms with E-state index in [1.54, 1.807) is 13.8 Å². The lowest BCUT2D eigenvalue weighted by Crippen LogP contribution is -2.36. The highest BCUT2D eigenvalue weighted by atomic mass is 32.2. The SMILES string of the molecule is CCCN(CC(=O)O)C(=O)c1cc(S(=O)(=O)N(CC)CC)ccc1OC. The van der Waals surface area contributed by atoms with Crippen molar-refractivity contribution in [3.05, 3.63) is 23.8 Å². The number of benzene rings is 1. The summed E-state index contributed by atoms with van der Waals surface area (Å²) >= 11 is 0. The minimum atomic E-state index is -3.75. The van der Waals surface area contributed by atoms with Crippen LogP contribution in [0.15, 0.2) is 23.1 Å². The van der Waals surface area contributed by atoms with Gasteiger partial charge in [-0.1, -0.05) is 20.8 Å². The predicted octanol–water partition coefficient (Wildman–Crippen LogP) is 1.66. The largest absolute Gasteiger partial charge is 0.496 e. The minimum Gasteiger partial charge on any atom is -0.496 e. The molecule has 0 aliphatic rings. The molecule has 0 saturated heterocycles. The van der Waals surface area contributed by atoms with E-state index in [1.807, 2.05) is 6.92 Å². The Kier molecular flexibility index (Phi) is 8.04. The number of ether oxygens (including phenoxy) is 1. The first-order valence-electron chi connectivity index (χ1n) is 8.42. The monoisotopic (exact) mass is 386 g/mol. The van der Waals surface area contributed by atoms with Crippen molar-refractivity contribution in [2.24, 2.45) is 0 Å². The molecule has 0 heterocycles. The second-order valence-corrected chi connectivity index (χ2v) is 7.51. The Morgan fingerprint density at radius 3 is 2.23 bits per heavy atom. The third kappa shape index (κ3) is 4.95. The molecule has 0 aliphatic heterocycles. The number of methoxy groups -OCH3 is 1. The summed E-state index contributed by atoms with van der Waals surface area (Å²) in [6.07, 6.45) is 0.568. The Morgan fingerprint density at radius 2 is 1.77 bits per heavy atom. The van der Waals surface area contributed by atoms with E-state index in [-0.39, 0.29) is 22.8 Å². The van der Waals surface area contributed by atoms with Crippen LogP contribution in [0.2, 0.25) is 0 Å². The van der Waals surface area contributed by atoms with Crippen molar-refractivity contribution in [2.75, 3.05) is 33.3 Å². The highest BCUT2D eigenvalue weighted by molar-refractivity contribution is 7.89. The molecule has 0 atom stereocenters. The van der Waals surface area contributed by atoms with Crippen molar-refractivity contribution >= 4 is 21.9 Å². The molecule has 0 spiro atoms. The number of carbonyl (C=O) groups is 2. The van der Waals surface area contributed by atoms with Crippen LogP contribution in [0.3, 0.4) is 0 Å². The van der Waals surface area contributed by atoms with Crippen LogP contribution in [0, 0.1) is 0 Å². The molecule has 1 N–H and O–H groups in total. The number of carboxylic acids is 1. The third-order valence-corrected chi connectivity index (χ3v) is 5.90. The lowest BCUT2D eigenvalue weighted by atomic mass is 10.1. The van der Waals surface area contributed by atoms with Gasteiger partial charge in [-0.15, -0.1) is 0 Å². The van der Waals surface area contributed by atoms with Crippen LogP contribution in [0.4, 0.5) is 0 Å². The standard InChI is InChI=1S/C17H26N2O6S/c1-5-10-18(12-16(20)21)17(22)14-11-13(8-9-15(14)25-4)26(23,24)19(6-2)7-3/h8-9,11H,5-7,10,12H2,1-4H3,(H,20,21). The van der Waals surface area contributed by atoms with Gasteiger partial charge in [-0.05, 0) is 24.6 Å². The summed E-state index contributed by atoms with van der Waals surface area (Å²) in [7, 11) is -2.39. The van der Waals surface area contributed by atoms with Crippen molar-refractivity contribution < 1.29 is 27.9 Å². The van der Waals surface area contributed by atoms with E-state index < -0.39 is 28.4 Å². The van der Waals surface area contributed by atoms with Crippen LogP contribution in [-0.2, 0) is 14.8 Å². The molecule has 1 rings (SSSR count). The summed E-state index contributed by atoms with van der Waals surface area (Å²) in [5.74, 6) is -1.53. The van der Waals surface area contributed by atoms with E-state index in [0.29, 0.717) is 19.5 Å². The minimum absolute atomic E-state index is 0.0235. The van der Waals surface area contributed by atoms with Gasteiger partial charge in [-0.25, -0.2) is 8.42 Å². The van der Waals surface area contributed by atoms with Crippen LogP contribution in [0.1, 0.15) is 37.6 Å². The van der Waals surface area contributed by atoms with E-state index in [4.69, 9.17) is 9.84 Å². The van der Waals surface area contributed by atoms with Crippen molar-refractivity contribution in [3.63, 3.8) is 0 Å². The lowest BCUT2D eigenvalue weighted by Gasteiger charge is -2.23. The highest BCUT2D eigenvalue weighted by Crippen LogP contribution is 2.26. The molecular weight excluding hydrogens is 360 g/mol. The summed E-state index contributed by atoms with van der Waals surface area (Å²) in [5, 5.41) is 9.03. The Morgan fingerprint density at radius 1 is 1.15 bits per heavy atom. The Labute approximate surface area is 154 Å². The Balaban J connectivity index is 3.41. The first kappa shape index (κ1) is 21.9. The topological polar surface area (TPSA) is 104 Å². The molecule has 1 amide bonds. The maximum absolute atomic E-state index is 12.8. The third-order valence-electron chi connectivity index (χ3n) is 3.85. The van der Waals surface area contributed by atoms with Crippen LogP contribution < -0.4 is 4.74 Å². The van der Waals surface area contributed by atoms with Crippen molar-refractivity contribution in [3.8, 4) is 5.75 Å². The summed E-state index contributed by atoms with van der Waals surface area (Å²) in [6, 6.07) is 4.04. The van der Waals surface area contributed by atoms with Gasteiger partial charge in [0.1, 0.15) is 12.3 Å². The number of carbonyl (C=O) groups excluding carboxylic acids is 1. The number of aliphatic carboxylic acids is 1. The van der Waals surface area contributed by atoms with Crippen LogP contribution >= 0.6 is 0 Å². The van der Waals surface area contributed by atoms with Crippen LogP contribution in [0.25, 0.3) is 0 Å². The van der Waals surface area contributed by atoms with Gasteiger partial charge in [0.15, 0.2) is 0 Å². The van der Waals surface area contributed by atoms with Gasteiger partial charge in [-0.2, -0.15) is 4.31 Å². The van der Waals surface area contributed by atoms with Crippen LogP contribution in [0.5, 0.6) is 5.75 Å². The summed E-state index contributed by atoms with van der Waals surface area (Å²) < 4.78 is 31.9. The van der Waals surface area contributed by atoms with E-state index in [2.05, 4.69) is 0 Å². The number of carboxylic acid groups (broad SMARTS) is 1. The zero-order valence-corrected chi connectivity index (χ0v) is 16.4. The molecular formula is C17H26N2O6S. The van der Waals surface area contributed by atoms with E-state index >= 15 is 0 Å². The molecule has 26 heavy (non-hydrogen) atoms. The maximum Gasteiger partial charge on any atom is 0.323 e. The Hall–Kier alpha value is -2.13. The van der Waals surface area contributed by atoms with Gasteiger partial charge in [0.25, 0.3) is 5.91 Å². The molecule has 1 aromatic carbocycles.